The zero-order valence-corrected chi connectivity index (χ0v) is 11.5. The van der Waals surface area contributed by atoms with E-state index < -0.39 is 4.92 Å². The molecule has 6 nitrogen and oxygen atoms in total. The van der Waals surface area contributed by atoms with E-state index in [0.29, 0.717) is 13.0 Å². The lowest BCUT2D eigenvalue weighted by atomic mass is 10.0. The van der Waals surface area contributed by atoms with Crippen LogP contribution in [0.2, 0.25) is 0 Å². The van der Waals surface area contributed by atoms with Gasteiger partial charge in [0.25, 0.3) is 5.69 Å². The molecule has 0 saturated carbocycles. The van der Waals surface area contributed by atoms with Crippen molar-refractivity contribution >= 4 is 11.4 Å². The molecule has 0 spiro atoms. The van der Waals surface area contributed by atoms with E-state index in [1.54, 1.807) is 18.3 Å². The van der Waals surface area contributed by atoms with Crippen molar-refractivity contribution in [3.05, 3.63) is 64.5 Å². The molecule has 2 rings (SSSR count). The molecule has 0 fully saturated rings. The van der Waals surface area contributed by atoms with Gasteiger partial charge >= 0.3 is 0 Å². The average Bonchev–Trinajstić information content (AvgIpc) is 2.52. The van der Waals surface area contributed by atoms with Crippen molar-refractivity contribution in [2.45, 2.75) is 6.42 Å². The molecule has 0 saturated heterocycles. The summed E-state index contributed by atoms with van der Waals surface area (Å²) in [6, 6.07) is 11.9. The predicted octanol–water partition coefficient (Wildman–Crippen LogP) is 2.25. The van der Waals surface area contributed by atoms with Crippen molar-refractivity contribution < 1.29 is 10.0 Å². The van der Waals surface area contributed by atoms with Gasteiger partial charge in [0, 0.05) is 48.8 Å². The minimum absolute atomic E-state index is 0.0371. The van der Waals surface area contributed by atoms with Crippen molar-refractivity contribution in [2.75, 3.05) is 18.5 Å². The summed E-state index contributed by atoms with van der Waals surface area (Å²) in [6.45, 7) is 0.626. The number of non-ortho nitro benzene ring substituents is 1. The number of hydrogen-bond acceptors (Lipinski definition) is 5. The van der Waals surface area contributed by atoms with Crippen LogP contribution >= 0.6 is 0 Å². The molecule has 0 aliphatic carbocycles. The lowest BCUT2D eigenvalue weighted by Gasteiger charge is -2.15. The van der Waals surface area contributed by atoms with E-state index in [0.717, 1.165) is 11.4 Å². The Kier molecular flexibility index (Phi) is 5.22. The largest absolute Gasteiger partial charge is 0.396 e. The number of benzene rings is 1. The van der Waals surface area contributed by atoms with Crippen LogP contribution in [0.15, 0.2) is 48.7 Å². The second-order valence-electron chi connectivity index (χ2n) is 4.76. The maximum absolute atomic E-state index is 10.6. The fourth-order valence-electron chi connectivity index (χ4n) is 1.98. The molecular formula is C15H17N3O3. The minimum atomic E-state index is -0.429. The predicted molar refractivity (Wildman–Crippen MR) is 80.1 cm³/mol. The molecule has 0 bridgehead atoms. The molecule has 6 heteroatoms. The third-order valence-electron chi connectivity index (χ3n) is 3.16. The number of rotatable bonds is 7. The van der Waals surface area contributed by atoms with Gasteiger partial charge in [-0.1, -0.05) is 6.07 Å². The molecule has 1 atom stereocenters. The van der Waals surface area contributed by atoms with Gasteiger partial charge in [0.2, 0.25) is 0 Å². The lowest BCUT2D eigenvalue weighted by molar-refractivity contribution is -0.384. The Morgan fingerprint density at radius 3 is 2.57 bits per heavy atom. The van der Waals surface area contributed by atoms with Gasteiger partial charge in [-0.05, 0) is 30.7 Å². The average molecular weight is 287 g/mol. The highest BCUT2D eigenvalue weighted by Crippen LogP contribution is 2.16. The van der Waals surface area contributed by atoms with Crippen molar-refractivity contribution in [2.24, 2.45) is 5.92 Å². The zero-order valence-electron chi connectivity index (χ0n) is 11.5. The Balaban J connectivity index is 1.89. The summed E-state index contributed by atoms with van der Waals surface area (Å²) in [5.74, 6) is 0.0371. The van der Waals surface area contributed by atoms with Crippen molar-refractivity contribution in [3.8, 4) is 0 Å². The molecule has 21 heavy (non-hydrogen) atoms. The maximum Gasteiger partial charge on any atom is 0.269 e. The SMILES string of the molecule is O=[N+]([O-])c1ccc(NCC(CO)Cc2ccccn2)cc1. The van der Waals surface area contributed by atoms with Gasteiger partial charge < -0.3 is 10.4 Å². The number of hydrogen-bond donors (Lipinski definition) is 2. The number of pyridine rings is 1. The standard InChI is InChI=1S/C15H17N3O3/c19-11-12(9-14-3-1-2-8-16-14)10-17-13-4-6-15(7-5-13)18(20)21/h1-8,12,17,19H,9-11H2. The van der Waals surface area contributed by atoms with E-state index in [1.165, 1.54) is 12.1 Å². The molecule has 0 radical (unpaired) electrons. The fourth-order valence-corrected chi connectivity index (χ4v) is 1.98. The molecule has 2 aromatic rings. The third kappa shape index (κ3) is 4.54. The van der Waals surface area contributed by atoms with E-state index in [1.807, 2.05) is 18.2 Å². The molecule has 2 N–H and O–H groups in total. The summed E-state index contributed by atoms with van der Waals surface area (Å²) >= 11 is 0. The summed E-state index contributed by atoms with van der Waals surface area (Å²) in [6.07, 6.45) is 2.41. The molecule has 0 amide bonds. The Morgan fingerprint density at radius 1 is 1.24 bits per heavy atom. The number of aromatic nitrogens is 1. The summed E-state index contributed by atoms with van der Waals surface area (Å²) < 4.78 is 0. The van der Waals surface area contributed by atoms with Crippen LogP contribution in [0.3, 0.4) is 0 Å². The van der Waals surface area contributed by atoms with Gasteiger partial charge in [-0.15, -0.1) is 0 Å². The van der Waals surface area contributed by atoms with E-state index in [9.17, 15) is 15.2 Å². The normalized spacial score (nSPS) is 11.9. The van der Waals surface area contributed by atoms with Crippen molar-refractivity contribution in [3.63, 3.8) is 0 Å². The van der Waals surface area contributed by atoms with Crippen LogP contribution in [0, 0.1) is 16.0 Å². The second-order valence-corrected chi connectivity index (χ2v) is 4.76. The number of nitro groups is 1. The van der Waals surface area contributed by atoms with Crippen molar-refractivity contribution in [1.82, 2.24) is 4.98 Å². The highest BCUT2D eigenvalue weighted by molar-refractivity contribution is 5.48. The Hall–Kier alpha value is -2.47. The first-order valence-corrected chi connectivity index (χ1v) is 6.68. The van der Waals surface area contributed by atoms with Crippen LogP contribution in [-0.4, -0.2) is 28.2 Å². The topological polar surface area (TPSA) is 88.3 Å². The van der Waals surface area contributed by atoms with Crippen LogP contribution in [0.5, 0.6) is 0 Å². The molecule has 1 aromatic carbocycles. The van der Waals surface area contributed by atoms with Crippen LogP contribution in [0.4, 0.5) is 11.4 Å². The summed E-state index contributed by atoms with van der Waals surface area (Å²) in [5, 5.41) is 23.2. The van der Waals surface area contributed by atoms with Crippen LogP contribution in [0.1, 0.15) is 5.69 Å². The van der Waals surface area contributed by atoms with E-state index in [-0.39, 0.29) is 18.2 Å². The summed E-state index contributed by atoms with van der Waals surface area (Å²) in [7, 11) is 0. The van der Waals surface area contributed by atoms with E-state index >= 15 is 0 Å². The second kappa shape index (κ2) is 7.35. The summed E-state index contributed by atoms with van der Waals surface area (Å²) in [4.78, 5) is 14.4. The molecule has 0 aliphatic rings. The summed E-state index contributed by atoms with van der Waals surface area (Å²) in [5.41, 5.74) is 1.79. The number of nitrogens with zero attached hydrogens (tertiary/aromatic N) is 2. The molecule has 1 unspecified atom stereocenters. The molecule has 1 aromatic heterocycles. The van der Waals surface area contributed by atoms with E-state index in [4.69, 9.17) is 0 Å². The highest BCUT2D eigenvalue weighted by atomic mass is 16.6. The number of anilines is 1. The highest BCUT2D eigenvalue weighted by Gasteiger charge is 2.10. The van der Waals surface area contributed by atoms with E-state index in [2.05, 4.69) is 10.3 Å². The van der Waals surface area contributed by atoms with Gasteiger partial charge in [0.05, 0.1) is 4.92 Å². The van der Waals surface area contributed by atoms with Gasteiger partial charge in [-0.3, -0.25) is 15.1 Å². The van der Waals surface area contributed by atoms with Crippen LogP contribution < -0.4 is 5.32 Å². The molecule has 110 valence electrons. The Bertz CT molecular complexity index is 572. The zero-order chi connectivity index (χ0) is 15.1. The molecule has 1 heterocycles. The first-order chi connectivity index (χ1) is 10.2. The fraction of sp³-hybridized carbons (Fsp3) is 0.267. The number of aliphatic hydroxyl groups is 1. The maximum atomic E-state index is 10.6. The quantitative estimate of drug-likeness (QED) is 0.602. The minimum Gasteiger partial charge on any atom is -0.396 e. The monoisotopic (exact) mass is 287 g/mol. The number of aliphatic hydroxyl groups excluding tert-OH is 1. The third-order valence-corrected chi connectivity index (χ3v) is 3.16. The Morgan fingerprint density at radius 2 is 2.00 bits per heavy atom. The van der Waals surface area contributed by atoms with Gasteiger partial charge in [-0.2, -0.15) is 0 Å². The first-order valence-electron chi connectivity index (χ1n) is 6.68. The smallest absolute Gasteiger partial charge is 0.269 e. The van der Waals surface area contributed by atoms with Gasteiger partial charge in [-0.25, -0.2) is 0 Å². The number of nitro benzene ring substituents is 1. The molecular weight excluding hydrogens is 270 g/mol. The number of nitrogens with one attached hydrogen (secondary N) is 1. The van der Waals surface area contributed by atoms with Crippen LogP contribution in [-0.2, 0) is 6.42 Å². The Labute approximate surface area is 122 Å². The lowest BCUT2D eigenvalue weighted by Crippen LogP contribution is -2.20. The van der Waals surface area contributed by atoms with Gasteiger partial charge in [0.15, 0.2) is 0 Å². The molecule has 0 aliphatic heterocycles. The van der Waals surface area contributed by atoms with Gasteiger partial charge in [0.1, 0.15) is 0 Å². The van der Waals surface area contributed by atoms with Crippen LogP contribution in [0.25, 0.3) is 0 Å². The first kappa shape index (κ1) is 14.9. The van der Waals surface area contributed by atoms with Crippen molar-refractivity contribution in [1.29, 1.82) is 0 Å².